The van der Waals surface area contributed by atoms with Gasteiger partial charge in [-0.15, -0.1) is 0 Å². The smallest absolute Gasteiger partial charge is 0.337 e. The predicted molar refractivity (Wildman–Crippen MR) is 106 cm³/mol. The number of thiazole rings is 1. The molecule has 2 aromatic heterocycles. The van der Waals surface area contributed by atoms with E-state index in [0.29, 0.717) is 20.6 Å². The molecule has 3 rings (SSSR count). The summed E-state index contributed by atoms with van der Waals surface area (Å²) in [6.45, 7) is 3.68. The number of aryl methyl sites for hydroxylation is 2. The van der Waals surface area contributed by atoms with Gasteiger partial charge in [-0.1, -0.05) is 11.3 Å². The third-order valence-electron chi connectivity index (χ3n) is 4.23. The van der Waals surface area contributed by atoms with E-state index in [1.54, 1.807) is 47.5 Å². The molecule has 152 valence electrons. The van der Waals surface area contributed by atoms with Gasteiger partial charge in [-0.05, 0) is 38.1 Å². The lowest BCUT2D eigenvalue weighted by molar-refractivity contribution is -0.143. The van der Waals surface area contributed by atoms with Gasteiger partial charge in [0.1, 0.15) is 6.54 Å². The zero-order valence-electron chi connectivity index (χ0n) is 16.5. The van der Waals surface area contributed by atoms with Crippen molar-refractivity contribution in [3.8, 4) is 0 Å². The maximum Gasteiger partial charge on any atom is 0.337 e. The fourth-order valence-electron chi connectivity index (χ4n) is 2.70. The number of hydrogen-bond acceptors (Lipinski definition) is 7. The fourth-order valence-corrected chi connectivity index (χ4v) is 3.77. The van der Waals surface area contributed by atoms with Gasteiger partial charge in [0.05, 0.1) is 29.5 Å². The van der Waals surface area contributed by atoms with Crippen molar-refractivity contribution in [2.24, 2.45) is 12.0 Å². The Morgan fingerprint density at radius 3 is 2.62 bits per heavy atom. The minimum absolute atomic E-state index is 0.112. The first kappa shape index (κ1) is 20.5. The molecule has 0 saturated carbocycles. The summed E-state index contributed by atoms with van der Waals surface area (Å²) in [6, 6.07) is 6.56. The Morgan fingerprint density at radius 2 is 2.00 bits per heavy atom. The number of methoxy groups -OCH3 is 1. The zero-order chi connectivity index (χ0) is 21.1. The Hall–Kier alpha value is -3.27. The molecule has 2 heterocycles. The van der Waals surface area contributed by atoms with Crippen molar-refractivity contribution in [2.45, 2.75) is 20.4 Å². The van der Waals surface area contributed by atoms with Crippen LogP contribution in [-0.4, -0.2) is 45.9 Å². The highest BCUT2D eigenvalue weighted by Gasteiger charge is 2.16. The predicted octanol–water partition coefficient (Wildman–Crippen LogP) is 1.84. The van der Waals surface area contributed by atoms with E-state index in [2.05, 4.69) is 10.1 Å². The standard InChI is InChI=1S/C19H20N4O5S/c1-5-28-16(24)10-23-14-7-6-12(18(26)27-4)9-15(14)29-19(23)20-17(25)13-8-11(2)22(3)21-13/h6-9H,5,10H2,1-4H3. The molecule has 1 aromatic carbocycles. The summed E-state index contributed by atoms with van der Waals surface area (Å²) >= 11 is 1.19. The summed E-state index contributed by atoms with van der Waals surface area (Å²) in [6.07, 6.45) is 0. The molecule has 0 aliphatic rings. The van der Waals surface area contributed by atoms with Crippen LogP contribution in [0.3, 0.4) is 0 Å². The number of aromatic nitrogens is 3. The molecular weight excluding hydrogens is 396 g/mol. The fraction of sp³-hybridized carbons (Fsp3) is 0.316. The molecule has 0 bridgehead atoms. The van der Waals surface area contributed by atoms with E-state index in [1.165, 1.54) is 18.4 Å². The summed E-state index contributed by atoms with van der Waals surface area (Å²) in [5.74, 6) is -1.45. The van der Waals surface area contributed by atoms with Crippen LogP contribution in [0.1, 0.15) is 33.5 Å². The van der Waals surface area contributed by atoms with Crippen LogP contribution in [0.25, 0.3) is 10.2 Å². The number of nitrogens with zero attached hydrogens (tertiary/aromatic N) is 4. The molecule has 0 N–H and O–H groups in total. The second-order valence-corrected chi connectivity index (χ2v) is 7.17. The minimum Gasteiger partial charge on any atom is -0.465 e. The third-order valence-corrected chi connectivity index (χ3v) is 5.27. The molecule has 1 amide bonds. The van der Waals surface area contributed by atoms with Crippen molar-refractivity contribution >= 4 is 39.4 Å². The highest BCUT2D eigenvalue weighted by molar-refractivity contribution is 7.16. The maximum atomic E-state index is 12.6. The number of esters is 2. The first-order valence-electron chi connectivity index (χ1n) is 8.81. The van der Waals surface area contributed by atoms with E-state index in [1.807, 2.05) is 6.92 Å². The van der Waals surface area contributed by atoms with Crippen molar-refractivity contribution in [1.82, 2.24) is 14.3 Å². The number of fused-ring (bicyclic) bond motifs is 1. The first-order chi connectivity index (χ1) is 13.8. The minimum atomic E-state index is -0.522. The second kappa shape index (κ2) is 8.39. The van der Waals surface area contributed by atoms with Crippen LogP contribution >= 0.6 is 11.3 Å². The molecule has 29 heavy (non-hydrogen) atoms. The van der Waals surface area contributed by atoms with Gasteiger partial charge >= 0.3 is 11.9 Å². The van der Waals surface area contributed by atoms with Gasteiger partial charge in [0.2, 0.25) is 0 Å². The molecule has 0 saturated heterocycles. The largest absolute Gasteiger partial charge is 0.465 e. The molecule has 0 radical (unpaired) electrons. The lowest BCUT2D eigenvalue weighted by atomic mass is 10.2. The summed E-state index contributed by atoms with van der Waals surface area (Å²) in [4.78, 5) is 41.0. The normalized spacial score (nSPS) is 11.7. The van der Waals surface area contributed by atoms with Gasteiger partial charge in [0.15, 0.2) is 10.5 Å². The topological polar surface area (TPSA) is 105 Å². The molecular formula is C19H20N4O5S. The molecule has 0 unspecified atom stereocenters. The monoisotopic (exact) mass is 416 g/mol. The summed E-state index contributed by atoms with van der Waals surface area (Å²) in [5.41, 5.74) is 2.05. The van der Waals surface area contributed by atoms with Crippen LogP contribution in [0.2, 0.25) is 0 Å². The Labute approximate surface area is 170 Å². The number of ether oxygens (including phenoxy) is 2. The van der Waals surface area contributed by atoms with Gasteiger partial charge in [-0.25, -0.2) is 4.79 Å². The molecule has 10 heteroatoms. The van der Waals surface area contributed by atoms with Crippen LogP contribution < -0.4 is 4.80 Å². The number of rotatable bonds is 5. The Bertz CT molecular complexity index is 1150. The van der Waals surface area contributed by atoms with E-state index in [9.17, 15) is 14.4 Å². The molecule has 0 aliphatic carbocycles. The highest BCUT2D eigenvalue weighted by Crippen LogP contribution is 2.20. The van der Waals surface area contributed by atoms with Crippen LogP contribution in [0.15, 0.2) is 29.3 Å². The van der Waals surface area contributed by atoms with E-state index in [-0.39, 0.29) is 18.8 Å². The van der Waals surface area contributed by atoms with Crippen molar-refractivity contribution in [3.63, 3.8) is 0 Å². The van der Waals surface area contributed by atoms with E-state index in [4.69, 9.17) is 9.47 Å². The lowest BCUT2D eigenvalue weighted by Crippen LogP contribution is -2.23. The Morgan fingerprint density at radius 1 is 1.24 bits per heavy atom. The van der Waals surface area contributed by atoms with Gasteiger partial charge in [-0.2, -0.15) is 10.1 Å². The van der Waals surface area contributed by atoms with Crippen LogP contribution in [0, 0.1) is 6.92 Å². The highest BCUT2D eigenvalue weighted by atomic mass is 32.1. The summed E-state index contributed by atoms with van der Waals surface area (Å²) < 4.78 is 13.6. The second-order valence-electron chi connectivity index (χ2n) is 6.16. The van der Waals surface area contributed by atoms with Crippen molar-refractivity contribution in [2.75, 3.05) is 13.7 Å². The number of amides is 1. The van der Waals surface area contributed by atoms with Crippen LogP contribution in [0.5, 0.6) is 0 Å². The molecule has 3 aromatic rings. The number of hydrogen-bond donors (Lipinski definition) is 0. The van der Waals surface area contributed by atoms with Crippen LogP contribution in [0.4, 0.5) is 0 Å². The van der Waals surface area contributed by atoms with E-state index >= 15 is 0 Å². The SMILES string of the molecule is CCOC(=O)Cn1c(=NC(=O)c2cc(C)n(C)n2)sc2cc(C(=O)OC)ccc21. The quantitative estimate of drug-likeness (QED) is 0.588. The van der Waals surface area contributed by atoms with Crippen LogP contribution in [-0.2, 0) is 27.9 Å². The van der Waals surface area contributed by atoms with Gasteiger partial charge in [0.25, 0.3) is 5.91 Å². The average Bonchev–Trinajstić information content (AvgIpc) is 3.20. The van der Waals surface area contributed by atoms with E-state index in [0.717, 1.165) is 5.69 Å². The van der Waals surface area contributed by atoms with Gasteiger partial charge < -0.3 is 14.0 Å². The van der Waals surface area contributed by atoms with Crippen molar-refractivity contribution < 1.29 is 23.9 Å². The summed E-state index contributed by atoms with van der Waals surface area (Å²) in [5, 5.41) is 4.14. The first-order valence-corrected chi connectivity index (χ1v) is 9.62. The molecule has 0 aliphatic heterocycles. The van der Waals surface area contributed by atoms with Crippen molar-refractivity contribution in [1.29, 1.82) is 0 Å². The maximum absolute atomic E-state index is 12.6. The number of carbonyl (C=O) groups is 3. The van der Waals surface area contributed by atoms with Gasteiger partial charge in [-0.3, -0.25) is 14.3 Å². The third kappa shape index (κ3) is 4.27. The van der Waals surface area contributed by atoms with Gasteiger partial charge in [0, 0.05) is 12.7 Å². The molecule has 9 nitrogen and oxygen atoms in total. The molecule has 0 atom stereocenters. The average molecular weight is 416 g/mol. The zero-order valence-corrected chi connectivity index (χ0v) is 17.3. The lowest BCUT2D eigenvalue weighted by Gasteiger charge is -2.05. The molecule has 0 fully saturated rings. The Balaban J connectivity index is 2.13. The Kier molecular flexibility index (Phi) is 5.92. The summed E-state index contributed by atoms with van der Waals surface area (Å²) in [7, 11) is 3.04. The van der Waals surface area contributed by atoms with Crippen molar-refractivity contribution in [3.05, 3.63) is 46.0 Å². The molecule has 0 spiro atoms. The van der Waals surface area contributed by atoms with E-state index < -0.39 is 17.8 Å². The number of carbonyl (C=O) groups excluding carboxylic acids is 3. The number of benzene rings is 1.